The third-order valence-electron chi connectivity index (χ3n) is 4.36. The van der Waals surface area contributed by atoms with Crippen molar-refractivity contribution in [3.63, 3.8) is 0 Å². The Morgan fingerprint density at radius 1 is 1.19 bits per heavy atom. The first kappa shape index (κ1) is 15.4. The number of benzene rings is 1. The normalized spacial score (nSPS) is 17.4. The van der Waals surface area contributed by atoms with E-state index in [1.54, 1.807) is 23.8 Å². The molecule has 0 aliphatic carbocycles. The minimum atomic E-state index is -0.776. The molecule has 0 unspecified atom stereocenters. The van der Waals surface area contributed by atoms with E-state index in [0.717, 1.165) is 11.3 Å². The van der Waals surface area contributed by atoms with Crippen LogP contribution in [0.25, 0.3) is 0 Å². The number of aryl methyl sites for hydroxylation is 1. The van der Waals surface area contributed by atoms with Crippen LogP contribution in [0.1, 0.15) is 25.3 Å². The molecule has 0 bridgehead atoms. The van der Waals surface area contributed by atoms with Crippen molar-refractivity contribution in [2.45, 2.75) is 26.7 Å². The minimum absolute atomic E-state index is 0.0775. The number of carbonyl (C=O) groups excluding carboxylic acids is 1. The number of carbonyl (C=O) groups is 2. The summed E-state index contributed by atoms with van der Waals surface area (Å²) >= 11 is 0. The molecular formula is C16H22N2O3. The monoisotopic (exact) mass is 290 g/mol. The van der Waals surface area contributed by atoms with Gasteiger partial charge in [-0.1, -0.05) is 17.7 Å². The summed E-state index contributed by atoms with van der Waals surface area (Å²) in [6.07, 6.45) is 0.992. The Morgan fingerprint density at radius 3 is 2.19 bits per heavy atom. The Kier molecular flexibility index (Phi) is 4.21. The fourth-order valence-corrected chi connectivity index (χ4v) is 2.50. The highest BCUT2D eigenvalue weighted by Gasteiger charge is 2.38. The Labute approximate surface area is 125 Å². The molecule has 1 fully saturated rings. The summed E-state index contributed by atoms with van der Waals surface area (Å²) < 4.78 is 0. The van der Waals surface area contributed by atoms with Gasteiger partial charge in [0.15, 0.2) is 0 Å². The Morgan fingerprint density at radius 2 is 1.71 bits per heavy atom. The number of amides is 2. The van der Waals surface area contributed by atoms with Crippen molar-refractivity contribution in [2.24, 2.45) is 5.41 Å². The number of nitrogens with zero attached hydrogens (tertiary/aromatic N) is 2. The third-order valence-corrected chi connectivity index (χ3v) is 4.36. The van der Waals surface area contributed by atoms with E-state index in [1.165, 1.54) is 0 Å². The van der Waals surface area contributed by atoms with Crippen LogP contribution >= 0.6 is 0 Å². The minimum Gasteiger partial charge on any atom is -0.481 e. The summed E-state index contributed by atoms with van der Waals surface area (Å²) in [4.78, 5) is 27.0. The molecule has 2 rings (SSSR count). The van der Waals surface area contributed by atoms with Gasteiger partial charge in [0, 0.05) is 25.8 Å². The van der Waals surface area contributed by atoms with E-state index in [-0.39, 0.29) is 6.03 Å². The average Bonchev–Trinajstić information content (AvgIpc) is 2.47. The van der Waals surface area contributed by atoms with E-state index < -0.39 is 11.4 Å². The van der Waals surface area contributed by atoms with Gasteiger partial charge in [-0.05, 0) is 38.8 Å². The molecule has 0 atom stereocenters. The molecule has 2 amide bonds. The van der Waals surface area contributed by atoms with Crippen LogP contribution in [0, 0.1) is 12.3 Å². The number of carboxylic acids is 1. The van der Waals surface area contributed by atoms with Gasteiger partial charge >= 0.3 is 12.0 Å². The number of anilines is 1. The number of hydrogen-bond acceptors (Lipinski definition) is 2. The molecule has 114 valence electrons. The summed E-state index contributed by atoms with van der Waals surface area (Å²) in [6, 6.07) is 7.69. The van der Waals surface area contributed by atoms with Gasteiger partial charge in [0.1, 0.15) is 0 Å². The van der Waals surface area contributed by atoms with E-state index in [0.29, 0.717) is 25.9 Å². The number of likely N-dealkylation sites (tertiary alicyclic amines) is 1. The first-order valence-corrected chi connectivity index (χ1v) is 7.16. The van der Waals surface area contributed by atoms with Gasteiger partial charge in [0.2, 0.25) is 0 Å². The highest BCUT2D eigenvalue weighted by molar-refractivity contribution is 5.91. The molecule has 1 heterocycles. The zero-order chi connectivity index (χ0) is 15.6. The molecule has 1 aliphatic rings. The molecule has 1 N–H and O–H groups in total. The lowest BCUT2D eigenvalue weighted by molar-refractivity contribution is -0.150. The molecule has 5 heteroatoms. The Hall–Kier alpha value is -2.04. The van der Waals surface area contributed by atoms with Crippen LogP contribution in [0.4, 0.5) is 10.5 Å². The number of hydrogen-bond donors (Lipinski definition) is 1. The molecule has 1 aliphatic heterocycles. The molecule has 1 aromatic rings. The van der Waals surface area contributed by atoms with Crippen LogP contribution in [0.3, 0.4) is 0 Å². The number of urea groups is 1. The molecule has 0 spiro atoms. The van der Waals surface area contributed by atoms with Crippen LogP contribution in [0.15, 0.2) is 24.3 Å². The topological polar surface area (TPSA) is 60.9 Å². The van der Waals surface area contributed by atoms with Crippen LogP contribution < -0.4 is 4.90 Å². The second-order valence-electron chi connectivity index (χ2n) is 6.03. The van der Waals surface area contributed by atoms with Crippen molar-refractivity contribution in [1.82, 2.24) is 4.90 Å². The molecule has 0 saturated carbocycles. The summed E-state index contributed by atoms with van der Waals surface area (Å²) in [6.45, 7) is 4.72. The van der Waals surface area contributed by atoms with Gasteiger partial charge in [-0.25, -0.2) is 4.79 Å². The van der Waals surface area contributed by atoms with Crippen LogP contribution in [0.2, 0.25) is 0 Å². The summed E-state index contributed by atoms with van der Waals surface area (Å²) in [5.74, 6) is -0.776. The maximum atomic E-state index is 12.5. The SMILES string of the molecule is Cc1ccc(N(C)C(=O)N2CCC(C)(C(=O)O)CC2)cc1. The number of piperidine rings is 1. The second kappa shape index (κ2) is 5.76. The summed E-state index contributed by atoms with van der Waals surface area (Å²) in [7, 11) is 1.75. The average molecular weight is 290 g/mol. The predicted molar refractivity (Wildman–Crippen MR) is 81.5 cm³/mol. The van der Waals surface area contributed by atoms with E-state index >= 15 is 0 Å². The van der Waals surface area contributed by atoms with Crippen molar-refractivity contribution < 1.29 is 14.7 Å². The fourth-order valence-electron chi connectivity index (χ4n) is 2.50. The molecule has 0 radical (unpaired) electrons. The van der Waals surface area contributed by atoms with Crippen LogP contribution in [0.5, 0.6) is 0 Å². The number of aliphatic carboxylic acids is 1. The maximum absolute atomic E-state index is 12.5. The first-order valence-electron chi connectivity index (χ1n) is 7.16. The number of carboxylic acid groups (broad SMARTS) is 1. The largest absolute Gasteiger partial charge is 0.481 e. The fraction of sp³-hybridized carbons (Fsp3) is 0.500. The zero-order valence-corrected chi connectivity index (χ0v) is 12.8. The van der Waals surface area contributed by atoms with Crippen molar-refractivity contribution in [3.8, 4) is 0 Å². The van der Waals surface area contributed by atoms with E-state index in [4.69, 9.17) is 0 Å². The highest BCUT2D eigenvalue weighted by atomic mass is 16.4. The van der Waals surface area contributed by atoms with Crippen LogP contribution in [-0.2, 0) is 4.79 Å². The Bertz CT molecular complexity index is 531. The third kappa shape index (κ3) is 3.17. The molecular weight excluding hydrogens is 268 g/mol. The van der Waals surface area contributed by atoms with Gasteiger partial charge in [-0.15, -0.1) is 0 Å². The van der Waals surface area contributed by atoms with Crippen molar-refractivity contribution in [2.75, 3.05) is 25.0 Å². The van der Waals surface area contributed by atoms with Gasteiger partial charge < -0.3 is 10.0 Å². The molecule has 21 heavy (non-hydrogen) atoms. The van der Waals surface area contributed by atoms with Gasteiger partial charge in [0.25, 0.3) is 0 Å². The summed E-state index contributed by atoms with van der Waals surface area (Å²) in [5, 5.41) is 9.22. The van der Waals surface area contributed by atoms with Crippen molar-refractivity contribution >= 4 is 17.7 Å². The molecule has 5 nitrogen and oxygen atoms in total. The standard InChI is InChI=1S/C16H22N2O3/c1-12-4-6-13(7-5-12)17(3)15(21)18-10-8-16(2,9-11-18)14(19)20/h4-7H,8-11H2,1-3H3,(H,19,20). The maximum Gasteiger partial charge on any atom is 0.324 e. The lowest BCUT2D eigenvalue weighted by Gasteiger charge is -2.38. The van der Waals surface area contributed by atoms with E-state index in [1.807, 2.05) is 31.2 Å². The first-order chi connectivity index (χ1) is 9.83. The lowest BCUT2D eigenvalue weighted by Crippen LogP contribution is -2.49. The van der Waals surface area contributed by atoms with Gasteiger partial charge in [-0.2, -0.15) is 0 Å². The van der Waals surface area contributed by atoms with Gasteiger partial charge in [0.05, 0.1) is 5.41 Å². The van der Waals surface area contributed by atoms with E-state index in [9.17, 15) is 14.7 Å². The van der Waals surface area contributed by atoms with Crippen molar-refractivity contribution in [1.29, 1.82) is 0 Å². The molecule has 1 saturated heterocycles. The highest BCUT2D eigenvalue weighted by Crippen LogP contribution is 2.31. The van der Waals surface area contributed by atoms with Gasteiger partial charge in [-0.3, -0.25) is 9.69 Å². The van der Waals surface area contributed by atoms with Crippen molar-refractivity contribution in [3.05, 3.63) is 29.8 Å². The molecule has 1 aromatic carbocycles. The Balaban J connectivity index is 2.01. The quantitative estimate of drug-likeness (QED) is 0.911. The zero-order valence-electron chi connectivity index (χ0n) is 12.8. The van der Waals surface area contributed by atoms with Crippen LogP contribution in [-0.4, -0.2) is 42.1 Å². The van der Waals surface area contributed by atoms with E-state index in [2.05, 4.69) is 0 Å². The summed E-state index contributed by atoms with van der Waals surface area (Å²) in [5.41, 5.74) is 1.28. The predicted octanol–water partition coefficient (Wildman–Crippen LogP) is 2.74. The lowest BCUT2D eigenvalue weighted by atomic mass is 9.80. The smallest absolute Gasteiger partial charge is 0.324 e. The number of rotatable bonds is 2. The molecule has 0 aromatic heterocycles. The second-order valence-corrected chi connectivity index (χ2v) is 6.03.